The van der Waals surface area contributed by atoms with Crippen LogP contribution in [-0.2, 0) is 9.59 Å². The molecular weight excluding hydrogens is 194 g/mol. The number of carboxylic acid groups (broad SMARTS) is 1. The van der Waals surface area contributed by atoms with Gasteiger partial charge in [-0.25, -0.2) is 4.79 Å². The summed E-state index contributed by atoms with van der Waals surface area (Å²) < 4.78 is 0. The molecule has 0 rings (SSSR count). The first-order chi connectivity index (χ1) is 6.77. The van der Waals surface area contributed by atoms with Gasteiger partial charge in [0, 0.05) is 5.92 Å². The van der Waals surface area contributed by atoms with Crippen LogP contribution in [0.25, 0.3) is 0 Å². The van der Waals surface area contributed by atoms with Gasteiger partial charge in [0.25, 0.3) is 0 Å². The lowest BCUT2D eigenvalue weighted by molar-refractivity contribution is -0.143. The fourth-order valence-corrected chi connectivity index (χ4v) is 1.10. The standard InChI is InChI=1S/C11H21NO3/c1-6(2)8(5)10(13)12-9(7(3)4)11(14)15/h6-9H,1-5H3,(H,12,13)(H,14,15)/t8-,9-/m0/s1. The summed E-state index contributed by atoms with van der Waals surface area (Å²) >= 11 is 0. The number of amides is 1. The number of carbonyl (C=O) groups is 2. The molecule has 15 heavy (non-hydrogen) atoms. The SMILES string of the molecule is CC(C)[C@H](C)C(=O)N[C@H](C(=O)O)C(C)C. The van der Waals surface area contributed by atoms with Crippen LogP contribution in [0.15, 0.2) is 0 Å². The molecule has 0 aliphatic carbocycles. The van der Waals surface area contributed by atoms with E-state index in [0.717, 1.165) is 0 Å². The molecule has 0 bridgehead atoms. The molecule has 0 aromatic carbocycles. The van der Waals surface area contributed by atoms with E-state index < -0.39 is 12.0 Å². The largest absolute Gasteiger partial charge is 0.480 e. The van der Waals surface area contributed by atoms with Crippen molar-refractivity contribution in [2.45, 2.75) is 40.7 Å². The fraction of sp³-hybridized carbons (Fsp3) is 0.818. The summed E-state index contributed by atoms with van der Waals surface area (Å²) in [6, 6.07) is -0.793. The number of nitrogens with one attached hydrogen (secondary N) is 1. The molecule has 2 atom stereocenters. The number of rotatable bonds is 5. The Morgan fingerprint density at radius 1 is 1.00 bits per heavy atom. The molecule has 0 aliphatic rings. The molecule has 0 aliphatic heterocycles. The Morgan fingerprint density at radius 2 is 1.47 bits per heavy atom. The summed E-state index contributed by atoms with van der Waals surface area (Å²) in [6.45, 7) is 9.24. The first-order valence-corrected chi connectivity index (χ1v) is 5.30. The highest BCUT2D eigenvalue weighted by molar-refractivity contribution is 5.85. The second-order valence-electron chi connectivity index (χ2n) is 4.60. The van der Waals surface area contributed by atoms with Gasteiger partial charge in [-0.1, -0.05) is 34.6 Å². The second-order valence-corrected chi connectivity index (χ2v) is 4.60. The second kappa shape index (κ2) is 5.73. The van der Waals surface area contributed by atoms with Crippen LogP contribution in [0.4, 0.5) is 0 Å². The Morgan fingerprint density at radius 3 is 1.73 bits per heavy atom. The van der Waals surface area contributed by atoms with Crippen molar-refractivity contribution in [3.63, 3.8) is 0 Å². The Kier molecular flexibility index (Phi) is 5.33. The first kappa shape index (κ1) is 13.9. The maximum absolute atomic E-state index is 11.6. The van der Waals surface area contributed by atoms with Crippen LogP contribution in [0.5, 0.6) is 0 Å². The molecule has 1 amide bonds. The molecule has 2 N–H and O–H groups in total. The van der Waals surface area contributed by atoms with E-state index in [4.69, 9.17) is 5.11 Å². The van der Waals surface area contributed by atoms with Gasteiger partial charge in [0.15, 0.2) is 0 Å². The van der Waals surface area contributed by atoms with E-state index in [9.17, 15) is 9.59 Å². The van der Waals surface area contributed by atoms with Crippen LogP contribution >= 0.6 is 0 Å². The van der Waals surface area contributed by atoms with E-state index in [2.05, 4.69) is 5.32 Å². The lowest BCUT2D eigenvalue weighted by Crippen LogP contribution is -2.46. The quantitative estimate of drug-likeness (QED) is 0.730. The molecule has 0 radical (unpaired) electrons. The van der Waals surface area contributed by atoms with Crippen LogP contribution in [-0.4, -0.2) is 23.0 Å². The molecule has 0 saturated heterocycles. The first-order valence-electron chi connectivity index (χ1n) is 5.30. The molecule has 0 heterocycles. The van der Waals surface area contributed by atoms with E-state index in [0.29, 0.717) is 0 Å². The van der Waals surface area contributed by atoms with Crippen LogP contribution in [0.1, 0.15) is 34.6 Å². The number of hydrogen-bond donors (Lipinski definition) is 2. The summed E-state index contributed by atoms with van der Waals surface area (Å²) in [5.41, 5.74) is 0. The van der Waals surface area contributed by atoms with E-state index in [1.165, 1.54) is 0 Å². The van der Waals surface area contributed by atoms with Gasteiger partial charge in [0.05, 0.1) is 0 Å². The maximum Gasteiger partial charge on any atom is 0.326 e. The van der Waals surface area contributed by atoms with Gasteiger partial charge >= 0.3 is 5.97 Å². The van der Waals surface area contributed by atoms with Crippen LogP contribution in [0.3, 0.4) is 0 Å². The minimum atomic E-state index is -0.977. The Labute approximate surface area is 91.1 Å². The van der Waals surface area contributed by atoms with Crippen molar-refractivity contribution in [2.75, 3.05) is 0 Å². The zero-order valence-electron chi connectivity index (χ0n) is 10.1. The van der Waals surface area contributed by atoms with Crippen LogP contribution in [0, 0.1) is 17.8 Å². The summed E-state index contributed by atoms with van der Waals surface area (Å²) in [6.07, 6.45) is 0. The normalized spacial score (nSPS) is 15.1. The Hall–Kier alpha value is -1.06. The lowest BCUT2D eigenvalue weighted by Gasteiger charge is -2.22. The van der Waals surface area contributed by atoms with E-state index in [-0.39, 0.29) is 23.7 Å². The van der Waals surface area contributed by atoms with Crippen LogP contribution < -0.4 is 5.32 Å². The molecule has 88 valence electrons. The van der Waals surface area contributed by atoms with Crippen molar-refractivity contribution in [1.82, 2.24) is 5.32 Å². The summed E-state index contributed by atoms with van der Waals surface area (Å²) in [4.78, 5) is 22.5. The highest BCUT2D eigenvalue weighted by Crippen LogP contribution is 2.11. The topological polar surface area (TPSA) is 66.4 Å². The van der Waals surface area contributed by atoms with Gasteiger partial charge in [0.1, 0.15) is 6.04 Å². The third kappa shape index (κ3) is 4.32. The molecule has 0 saturated carbocycles. The van der Waals surface area contributed by atoms with Gasteiger partial charge < -0.3 is 10.4 Å². The van der Waals surface area contributed by atoms with Crippen molar-refractivity contribution in [3.8, 4) is 0 Å². The van der Waals surface area contributed by atoms with Crippen molar-refractivity contribution >= 4 is 11.9 Å². The molecule has 0 spiro atoms. The van der Waals surface area contributed by atoms with E-state index in [1.54, 1.807) is 20.8 Å². The molecule has 0 fully saturated rings. The summed E-state index contributed by atoms with van der Waals surface area (Å²) in [7, 11) is 0. The van der Waals surface area contributed by atoms with Gasteiger partial charge in [-0.05, 0) is 11.8 Å². The third-order valence-electron chi connectivity index (χ3n) is 2.64. The molecule has 4 heteroatoms. The number of hydrogen-bond acceptors (Lipinski definition) is 2. The average molecular weight is 215 g/mol. The summed E-state index contributed by atoms with van der Waals surface area (Å²) in [5, 5.41) is 11.5. The van der Waals surface area contributed by atoms with Gasteiger partial charge in [-0.3, -0.25) is 4.79 Å². The summed E-state index contributed by atoms with van der Waals surface area (Å²) in [5.74, 6) is -1.22. The molecule has 4 nitrogen and oxygen atoms in total. The van der Waals surface area contributed by atoms with E-state index in [1.807, 2.05) is 13.8 Å². The van der Waals surface area contributed by atoms with Gasteiger partial charge in [-0.2, -0.15) is 0 Å². The Balaban J connectivity index is 4.43. The van der Waals surface area contributed by atoms with Gasteiger partial charge in [0.2, 0.25) is 5.91 Å². The number of carboxylic acids is 1. The minimum Gasteiger partial charge on any atom is -0.480 e. The van der Waals surface area contributed by atoms with Crippen molar-refractivity contribution in [1.29, 1.82) is 0 Å². The highest BCUT2D eigenvalue weighted by atomic mass is 16.4. The molecule has 0 aromatic rings. The predicted molar refractivity (Wildman–Crippen MR) is 58.4 cm³/mol. The zero-order valence-corrected chi connectivity index (χ0v) is 10.1. The van der Waals surface area contributed by atoms with Crippen LogP contribution in [0.2, 0.25) is 0 Å². The van der Waals surface area contributed by atoms with Crippen molar-refractivity contribution in [3.05, 3.63) is 0 Å². The molecule has 0 aromatic heterocycles. The Bertz CT molecular complexity index is 236. The lowest BCUT2D eigenvalue weighted by atomic mass is 9.96. The third-order valence-corrected chi connectivity index (χ3v) is 2.64. The zero-order chi connectivity index (χ0) is 12.2. The minimum absolute atomic E-state index is 0.106. The van der Waals surface area contributed by atoms with E-state index >= 15 is 0 Å². The molecule has 0 unspecified atom stereocenters. The smallest absolute Gasteiger partial charge is 0.326 e. The number of carbonyl (C=O) groups excluding carboxylic acids is 1. The predicted octanol–water partition coefficient (Wildman–Crippen LogP) is 1.50. The highest BCUT2D eigenvalue weighted by Gasteiger charge is 2.26. The van der Waals surface area contributed by atoms with Gasteiger partial charge in [-0.15, -0.1) is 0 Å². The molecular formula is C11H21NO3. The van der Waals surface area contributed by atoms with Crippen molar-refractivity contribution < 1.29 is 14.7 Å². The average Bonchev–Trinajstić information content (AvgIpc) is 2.11. The van der Waals surface area contributed by atoms with Crippen molar-refractivity contribution in [2.24, 2.45) is 17.8 Å². The maximum atomic E-state index is 11.6. The monoisotopic (exact) mass is 215 g/mol. The fourth-order valence-electron chi connectivity index (χ4n) is 1.10. The number of aliphatic carboxylic acids is 1.